The van der Waals surface area contributed by atoms with Crippen LogP contribution in [0.15, 0.2) is 42.7 Å². The standard InChI is InChI=1S/C18H23N3O2/c1-20-11-8-18(9-12-20,15-6-4-3-5-7-15)17-19-10-13-21(17)14-16(22)23-2/h3-7,10,13H,8-9,11-12,14H2,1-2H3. The first-order chi connectivity index (χ1) is 11.2. The molecule has 23 heavy (non-hydrogen) atoms. The van der Waals surface area contributed by atoms with Crippen LogP contribution in [0.4, 0.5) is 0 Å². The lowest BCUT2D eigenvalue weighted by Gasteiger charge is -2.40. The van der Waals surface area contributed by atoms with E-state index in [9.17, 15) is 4.79 Å². The van der Waals surface area contributed by atoms with E-state index in [1.807, 2.05) is 16.8 Å². The van der Waals surface area contributed by atoms with E-state index < -0.39 is 0 Å². The molecule has 1 aromatic carbocycles. The maximum Gasteiger partial charge on any atom is 0.325 e. The molecular weight excluding hydrogens is 290 g/mol. The molecule has 1 aromatic heterocycles. The molecule has 0 atom stereocenters. The van der Waals surface area contributed by atoms with Crippen LogP contribution < -0.4 is 0 Å². The summed E-state index contributed by atoms with van der Waals surface area (Å²) < 4.78 is 6.76. The van der Waals surface area contributed by atoms with Crippen LogP contribution in [-0.4, -0.2) is 47.7 Å². The lowest BCUT2D eigenvalue weighted by molar-refractivity contribution is -0.141. The number of carbonyl (C=O) groups excluding carboxylic acids is 1. The molecule has 0 radical (unpaired) electrons. The molecule has 1 aliphatic heterocycles. The molecule has 0 unspecified atom stereocenters. The summed E-state index contributed by atoms with van der Waals surface area (Å²) in [5.74, 6) is 0.711. The number of rotatable bonds is 4. The van der Waals surface area contributed by atoms with Crippen LogP contribution in [0.1, 0.15) is 24.2 Å². The molecule has 1 aliphatic rings. The van der Waals surface area contributed by atoms with E-state index in [-0.39, 0.29) is 17.9 Å². The highest BCUT2D eigenvalue weighted by atomic mass is 16.5. The molecule has 2 aromatic rings. The zero-order valence-electron chi connectivity index (χ0n) is 13.7. The fraction of sp³-hybridized carbons (Fsp3) is 0.444. The van der Waals surface area contributed by atoms with Crippen molar-refractivity contribution in [2.75, 3.05) is 27.2 Å². The summed E-state index contributed by atoms with van der Waals surface area (Å²) in [6.45, 7) is 2.23. The van der Waals surface area contributed by atoms with Crippen molar-refractivity contribution >= 4 is 5.97 Å². The Morgan fingerprint density at radius 2 is 1.96 bits per heavy atom. The Kier molecular flexibility index (Phi) is 4.48. The van der Waals surface area contributed by atoms with Crippen molar-refractivity contribution in [2.45, 2.75) is 24.8 Å². The Bertz CT molecular complexity index is 658. The Balaban J connectivity index is 2.03. The molecule has 3 rings (SSSR count). The number of likely N-dealkylation sites (tertiary alicyclic amines) is 1. The van der Waals surface area contributed by atoms with Gasteiger partial charge in [-0.1, -0.05) is 30.3 Å². The van der Waals surface area contributed by atoms with E-state index in [1.54, 1.807) is 6.20 Å². The highest BCUT2D eigenvalue weighted by Gasteiger charge is 2.40. The van der Waals surface area contributed by atoms with Gasteiger partial charge in [0.2, 0.25) is 0 Å². The molecule has 1 saturated heterocycles. The molecule has 0 aliphatic carbocycles. The molecular formula is C18H23N3O2. The number of hydrogen-bond donors (Lipinski definition) is 0. The number of methoxy groups -OCH3 is 1. The summed E-state index contributed by atoms with van der Waals surface area (Å²) in [6.07, 6.45) is 5.63. The molecule has 2 heterocycles. The molecule has 1 fully saturated rings. The van der Waals surface area contributed by atoms with Crippen LogP contribution in [0.5, 0.6) is 0 Å². The first-order valence-corrected chi connectivity index (χ1v) is 7.98. The van der Waals surface area contributed by atoms with Crippen LogP contribution >= 0.6 is 0 Å². The molecule has 5 heteroatoms. The molecule has 0 N–H and O–H groups in total. The summed E-state index contributed by atoms with van der Waals surface area (Å²) in [6, 6.07) is 10.5. The Morgan fingerprint density at radius 1 is 1.26 bits per heavy atom. The average molecular weight is 313 g/mol. The molecule has 0 saturated carbocycles. The van der Waals surface area contributed by atoms with Crippen molar-refractivity contribution in [1.29, 1.82) is 0 Å². The van der Waals surface area contributed by atoms with Gasteiger partial charge in [-0.25, -0.2) is 4.98 Å². The first kappa shape index (κ1) is 15.7. The molecule has 0 spiro atoms. The number of aromatic nitrogens is 2. The van der Waals surface area contributed by atoms with Gasteiger partial charge in [-0.15, -0.1) is 0 Å². The summed E-state index contributed by atoms with van der Waals surface area (Å²) in [5, 5.41) is 0. The van der Waals surface area contributed by atoms with E-state index in [1.165, 1.54) is 12.7 Å². The maximum absolute atomic E-state index is 11.7. The third kappa shape index (κ3) is 3.01. The number of carbonyl (C=O) groups is 1. The summed E-state index contributed by atoms with van der Waals surface area (Å²) in [5.41, 5.74) is 1.12. The number of piperidine rings is 1. The van der Waals surface area contributed by atoms with E-state index in [0.29, 0.717) is 0 Å². The number of esters is 1. The smallest absolute Gasteiger partial charge is 0.325 e. The second-order valence-electron chi connectivity index (χ2n) is 6.21. The first-order valence-electron chi connectivity index (χ1n) is 7.98. The lowest BCUT2D eigenvalue weighted by Crippen LogP contribution is -2.43. The minimum absolute atomic E-state index is 0.148. The summed E-state index contributed by atoms with van der Waals surface area (Å²) >= 11 is 0. The van der Waals surface area contributed by atoms with Gasteiger partial charge in [-0.3, -0.25) is 4.79 Å². The van der Waals surface area contributed by atoms with Crippen molar-refractivity contribution in [2.24, 2.45) is 0 Å². The molecule has 122 valence electrons. The number of imidazole rings is 1. The van der Waals surface area contributed by atoms with Crippen LogP contribution in [0, 0.1) is 0 Å². The van der Waals surface area contributed by atoms with Crippen LogP contribution in [0.25, 0.3) is 0 Å². The van der Waals surface area contributed by atoms with Crippen molar-refractivity contribution in [3.05, 3.63) is 54.1 Å². The van der Waals surface area contributed by atoms with Crippen LogP contribution in [-0.2, 0) is 21.5 Å². The average Bonchev–Trinajstić information content (AvgIpc) is 3.05. The number of benzene rings is 1. The Hall–Kier alpha value is -2.14. The van der Waals surface area contributed by atoms with Gasteiger partial charge in [0.05, 0.1) is 12.5 Å². The topological polar surface area (TPSA) is 47.4 Å². The van der Waals surface area contributed by atoms with Gasteiger partial charge in [0.15, 0.2) is 0 Å². The zero-order chi connectivity index (χ0) is 16.3. The van der Waals surface area contributed by atoms with Crippen molar-refractivity contribution < 1.29 is 9.53 Å². The van der Waals surface area contributed by atoms with Crippen molar-refractivity contribution in [3.8, 4) is 0 Å². The second kappa shape index (κ2) is 6.54. The van der Waals surface area contributed by atoms with Crippen LogP contribution in [0.3, 0.4) is 0 Å². The predicted molar refractivity (Wildman–Crippen MR) is 88.2 cm³/mol. The summed E-state index contributed by atoms with van der Waals surface area (Å²) in [7, 11) is 3.57. The minimum atomic E-state index is -0.250. The van der Waals surface area contributed by atoms with Gasteiger partial charge in [0, 0.05) is 12.4 Å². The monoisotopic (exact) mass is 313 g/mol. The second-order valence-corrected chi connectivity index (χ2v) is 6.21. The molecule has 5 nitrogen and oxygen atoms in total. The number of ether oxygens (including phenoxy) is 1. The van der Waals surface area contributed by atoms with E-state index >= 15 is 0 Å². The summed E-state index contributed by atoms with van der Waals surface area (Å²) in [4.78, 5) is 18.7. The number of hydrogen-bond acceptors (Lipinski definition) is 4. The predicted octanol–water partition coefficient (Wildman–Crippen LogP) is 2.07. The maximum atomic E-state index is 11.7. The van der Waals surface area contributed by atoms with Gasteiger partial charge in [0.1, 0.15) is 12.4 Å². The van der Waals surface area contributed by atoms with Crippen molar-refractivity contribution in [1.82, 2.24) is 14.5 Å². The Morgan fingerprint density at radius 3 is 2.61 bits per heavy atom. The van der Waals surface area contributed by atoms with Gasteiger partial charge >= 0.3 is 5.97 Å². The minimum Gasteiger partial charge on any atom is -0.468 e. The van der Waals surface area contributed by atoms with Gasteiger partial charge in [0.25, 0.3) is 0 Å². The Labute approximate surface area is 136 Å². The molecule has 0 bridgehead atoms. The van der Waals surface area contributed by atoms with Crippen molar-refractivity contribution in [3.63, 3.8) is 0 Å². The highest BCUT2D eigenvalue weighted by Crippen LogP contribution is 2.40. The third-order valence-corrected chi connectivity index (χ3v) is 4.84. The highest BCUT2D eigenvalue weighted by molar-refractivity contribution is 5.69. The fourth-order valence-corrected chi connectivity index (χ4v) is 3.46. The van der Waals surface area contributed by atoms with E-state index in [0.717, 1.165) is 31.8 Å². The lowest BCUT2D eigenvalue weighted by atomic mass is 9.72. The van der Waals surface area contributed by atoms with Gasteiger partial charge in [-0.05, 0) is 38.5 Å². The third-order valence-electron chi connectivity index (χ3n) is 4.84. The van der Waals surface area contributed by atoms with Gasteiger partial charge in [-0.2, -0.15) is 0 Å². The van der Waals surface area contributed by atoms with E-state index in [4.69, 9.17) is 4.74 Å². The van der Waals surface area contributed by atoms with Crippen LogP contribution in [0.2, 0.25) is 0 Å². The molecule has 0 amide bonds. The normalized spacial score (nSPS) is 17.8. The van der Waals surface area contributed by atoms with Gasteiger partial charge < -0.3 is 14.2 Å². The van der Waals surface area contributed by atoms with E-state index in [2.05, 4.69) is 41.2 Å². The number of nitrogens with zero attached hydrogens (tertiary/aromatic N) is 3. The quantitative estimate of drug-likeness (QED) is 0.811. The fourth-order valence-electron chi connectivity index (χ4n) is 3.46. The zero-order valence-corrected chi connectivity index (χ0v) is 13.7. The SMILES string of the molecule is COC(=O)Cn1ccnc1C1(c2ccccc2)CCN(C)CC1. The largest absolute Gasteiger partial charge is 0.468 e.